The molecule has 0 bridgehead atoms. The van der Waals surface area contributed by atoms with Crippen LogP contribution in [0.2, 0.25) is 0 Å². The molecule has 0 aromatic heterocycles. The molecule has 0 atom stereocenters. The van der Waals surface area contributed by atoms with Crippen LogP contribution in [0.5, 0.6) is 0 Å². The molecule has 0 radical (unpaired) electrons. The van der Waals surface area contributed by atoms with Crippen LogP contribution in [0.25, 0.3) is 10.8 Å². The lowest BCUT2D eigenvalue weighted by Crippen LogP contribution is -1.98. The summed E-state index contributed by atoms with van der Waals surface area (Å²) in [4.78, 5) is 9.37. The van der Waals surface area contributed by atoms with E-state index in [0.717, 1.165) is 24.2 Å². The summed E-state index contributed by atoms with van der Waals surface area (Å²) in [5, 5.41) is 14.0. The van der Waals surface area contributed by atoms with Crippen LogP contribution < -0.4 is 5.32 Å². The fraction of sp³-hybridized carbons (Fsp3) is 0.258. The number of carboxylic acid groups (broad SMARTS) is 1. The van der Waals surface area contributed by atoms with E-state index < -0.39 is 5.97 Å². The number of carbonyl (C=O) groups is 1. The summed E-state index contributed by atoms with van der Waals surface area (Å²) in [5.74, 6) is -0.0816. The number of hydrogen-bond donors (Lipinski definition) is 2. The average Bonchev–Trinajstić information content (AvgIpc) is 2.81. The van der Waals surface area contributed by atoms with E-state index in [1.54, 1.807) is 6.92 Å². The molecule has 176 valence electrons. The van der Waals surface area contributed by atoms with Gasteiger partial charge in [-0.05, 0) is 83.0 Å². The summed E-state index contributed by atoms with van der Waals surface area (Å²) >= 11 is 0. The Balaban J connectivity index is 0.000000588. The van der Waals surface area contributed by atoms with Crippen LogP contribution in [0, 0.1) is 12.8 Å². The summed E-state index contributed by atoms with van der Waals surface area (Å²) in [6, 6.07) is 30.7. The van der Waals surface area contributed by atoms with E-state index in [4.69, 9.17) is 5.11 Å². The van der Waals surface area contributed by atoms with Gasteiger partial charge in [-0.15, -0.1) is 0 Å². The zero-order valence-corrected chi connectivity index (χ0v) is 20.6. The predicted octanol–water partition coefficient (Wildman–Crippen LogP) is 8.16. The molecule has 0 spiro atoms. The van der Waals surface area contributed by atoms with Gasteiger partial charge in [-0.1, -0.05) is 81.4 Å². The van der Waals surface area contributed by atoms with Gasteiger partial charge < -0.3 is 10.4 Å². The predicted molar refractivity (Wildman–Crippen MR) is 144 cm³/mol. The van der Waals surface area contributed by atoms with Crippen LogP contribution >= 0.6 is 0 Å². The molecule has 0 aliphatic carbocycles. The van der Waals surface area contributed by atoms with Crippen molar-refractivity contribution in [2.24, 2.45) is 5.92 Å². The second kappa shape index (κ2) is 12.0. The van der Waals surface area contributed by atoms with Crippen LogP contribution in [-0.4, -0.2) is 11.1 Å². The quantitative estimate of drug-likeness (QED) is 0.297. The Kier molecular flexibility index (Phi) is 8.86. The highest BCUT2D eigenvalue weighted by Crippen LogP contribution is 2.26. The molecular weight excluding hydrogens is 418 g/mol. The Hall–Kier alpha value is -3.59. The van der Waals surface area contributed by atoms with Gasteiger partial charge in [0.15, 0.2) is 0 Å². The minimum Gasteiger partial charge on any atom is -0.481 e. The lowest BCUT2D eigenvalue weighted by atomic mass is 9.95. The van der Waals surface area contributed by atoms with E-state index in [1.807, 2.05) is 0 Å². The lowest BCUT2D eigenvalue weighted by molar-refractivity contribution is -0.136. The molecule has 4 rings (SSSR count). The normalized spacial score (nSPS) is 10.6. The number of aliphatic carboxylic acids is 1. The molecule has 4 aromatic carbocycles. The molecule has 0 saturated heterocycles. The SMILES string of the molecule is CCC(=O)O.Cc1ccc(Nc2cccc(CC(C)C)c2)cc1Cc1cccc2ccccc12. The number of benzene rings is 4. The highest BCUT2D eigenvalue weighted by Gasteiger charge is 2.07. The van der Waals surface area contributed by atoms with Crippen molar-refractivity contribution in [1.29, 1.82) is 0 Å². The average molecular weight is 454 g/mol. The highest BCUT2D eigenvalue weighted by atomic mass is 16.4. The Bertz CT molecular complexity index is 1240. The van der Waals surface area contributed by atoms with Gasteiger partial charge in [0.05, 0.1) is 0 Å². The van der Waals surface area contributed by atoms with E-state index >= 15 is 0 Å². The Morgan fingerprint density at radius 1 is 0.853 bits per heavy atom. The maximum Gasteiger partial charge on any atom is 0.303 e. The smallest absolute Gasteiger partial charge is 0.303 e. The number of anilines is 2. The van der Waals surface area contributed by atoms with Gasteiger partial charge in [0.1, 0.15) is 0 Å². The molecule has 0 saturated carbocycles. The maximum atomic E-state index is 9.37. The van der Waals surface area contributed by atoms with Crippen molar-refractivity contribution in [2.75, 3.05) is 5.32 Å². The van der Waals surface area contributed by atoms with Gasteiger partial charge in [-0.3, -0.25) is 4.79 Å². The van der Waals surface area contributed by atoms with Gasteiger partial charge in [0, 0.05) is 17.8 Å². The summed E-state index contributed by atoms with van der Waals surface area (Å²) in [7, 11) is 0. The third-order valence-corrected chi connectivity index (χ3v) is 5.77. The van der Waals surface area contributed by atoms with Crippen LogP contribution in [0.1, 0.15) is 49.4 Å². The molecule has 0 fully saturated rings. The van der Waals surface area contributed by atoms with Gasteiger partial charge >= 0.3 is 5.97 Å². The number of hydrogen-bond acceptors (Lipinski definition) is 2. The molecule has 0 heterocycles. The summed E-state index contributed by atoms with van der Waals surface area (Å²) in [5.41, 5.74) is 7.76. The summed E-state index contributed by atoms with van der Waals surface area (Å²) < 4.78 is 0. The molecule has 4 aromatic rings. The zero-order chi connectivity index (χ0) is 24.5. The molecule has 0 aliphatic heterocycles. The first-order chi connectivity index (χ1) is 16.4. The van der Waals surface area contributed by atoms with Gasteiger partial charge in [0.2, 0.25) is 0 Å². The van der Waals surface area contributed by atoms with Crippen molar-refractivity contribution in [3.05, 3.63) is 107 Å². The fourth-order valence-corrected chi connectivity index (χ4v) is 4.01. The zero-order valence-electron chi connectivity index (χ0n) is 20.6. The van der Waals surface area contributed by atoms with Crippen molar-refractivity contribution < 1.29 is 9.90 Å². The van der Waals surface area contributed by atoms with Crippen molar-refractivity contribution in [3.63, 3.8) is 0 Å². The molecule has 0 amide bonds. The lowest BCUT2D eigenvalue weighted by Gasteiger charge is -2.14. The van der Waals surface area contributed by atoms with Gasteiger partial charge in [-0.25, -0.2) is 0 Å². The van der Waals surface area contributed by atoms with Crippen molar-refractivity contribution in [2.45, 2.75) is 47.0 Å². The first-order valence-electron chi connectivity index (χ1n) is 12.0. The number of aryl methyl sites for hydroxylation is 1. The Labute approximate surface area is 203 Å². The Morgan fingerprint density at radius 3 is 2.26 bits per heavy atom. The minimum atomic E-state index is -0.745. The number of rotatable bonds is 7. The maximum absolute atomic E-state index is 9.37. The standard InChI is InChI=1S/C28H29N.C3H6O2/c1-20(2)16-22-8-6-12-26(17-22)29-27-15-14-21(3)25(19-27)18-24-11-7-10-23-9-4-5-13-28(23)24;1-2-3(4)5/h4-15,17,19-20,29H,16,18H2,1-3H3;2H2,1H3,(H,4,5). The second-order valence-electron chi connectivity index (χ2n) is 9.13. The highest BCUT2D eigenvalue weighted by molar-refractivity contribution is 5.86. The molecule has 0 unspecified atom stereocenters. The van der Waals surface area contributed by atoms with Crippen LogP contribution in [0.4, 0.5) is 11.4 Å². The van der Waals surface area contributed by atoms with Gasteiger partial charge in [-0.2, -0.15) is 0 Å². The van der Waals surface area contributed by atoms with E-state index in [-0.39, 0.29) is 6.42 Å². The number of fused-ring (bicyclic) bond motifs is 1. The molecule has 2 N–H and O–H groups in total. The van der Waals surface area contributed by atoms with E-state index in [9.17, 15) is 4.79 Å². The minimum absolute atomic E-state index is 0.222. The van der Waals surface area contributed by atoms with Gasteiger partial charge in [0.25, 0.3) is 0 Å². The molecule has 3 nitrogen and oxygen atoms in total. The van der Waals surface area contributed by atoms with E-state index in [1.165, 1.54) is 33.0 Å². The Morgan fingerprint density at radius 2 is 1.53 bits per heavy atom. The summed E-state index contributed by atoms with van der Waals surface area (Å²) in [6.07, 6.45) is 2.27. The fourth-order valence-electron chi connectivity index (χ4n) is 4.01. The number of carboxylic acids is 1. The topological polar surface area (TPSA) is 49.3 Å². The van der Waals surface area contributed by atoms with Crippen molar-refractivity contribution in [3.8, 4) is 0 Å². The third-order valence-electron chi connectivity index (χ3n) is 5.77. The van der Waals surface area contributed by atoms with E-state index in [0.29, 0.717) is 5.92 Å². The first kappa shape index (κ1) is 25.0. The number of nitrogens with one attached hydrogen (secondary N) is 1. The van der Waals surface area contributed by atoms with Crippen LogP contribution in [0.15, 0.2) is 84.9 Å². The largest absolute Gasteiger partial charge is 0.481 e. The second-order valence-corrected chi connectivity index (χ2v) is 9.13. The first-order valence-corrected chi connectivity index (χ1v) is 12.0. The van der Waals surface area contributed by atoms with Crippen LogP contribution in [-0.2, 0) is 17.6 Å². The monoisotopic (exact) mass is 453 g/mol. The summed E-state index contributed by atoms with van der Waals surface area (Å²) in [6.45, 7) is 8.33. The van der Waals surface area contributed by atoms with Crippen molar-refractivity contribution in [1.82, 2.24) is 0 Å². The van der Waals surface area contributed by atoms with Crippen LogP contribution in [0.3, 0.4) is 0 Å². The molecule has 0 aliphatic rings. The van der Waals surface area contributed by atoms with Crippen molar-refractivity contribution >= 4 is 28.1 Å². The molecule has 34 heavy (non-hydrogen) atoms. The third kappa shape index (κ3) is 7.21. The van der Waals surface area contributed by atoms with E-state index in [2.05, 4.69) is 111 Å². The molecule has 3 heteroatoms. The molecular formula is C31H35NO2.